The molecule has 0 heterocycles. The Hall–Kier alpha value is -3.42. The lowest BCUT2D eigenvalue weighted by atomic mass is 10.2. The molecule has 162 valence electrons. The van der Waals surface area contributed by atoms with Gasteiger partial charge in [0.15, 0.2) is 23.0 Å². The summed E-state index contributed by atoms with van der Waals surface area (Å²) in [5.74, 6) is 1.05. The van der Waals surface area contributed by atoms with Crippen molar-refractivity contribution in [2.75, 3.05) is 41.7 Å². The standard InChI is InChI=1S/C22H26O8/c1-25-17-9-7-15(13-19(17)27-3)21(23)29-11-5-6-12-30-22(24)16-8-10-18(26-2)20(14-16)28-4/h7-10,13-14H,5-6,11-12H2,1-4H3. The van der Waals surface area contributed by atoms with Gasteiger partial charge in [-0.3, -0.25) is 0 Å². The van der Waals surface area contributed by atoms with Crippen molar-refractivity contribution in [1.29, 1.82) is 0 Å². The zero-order valence-corrected chi connectivity index (χ0v) is 17.6. The highest BCUT2D eigenvalue weighted by molar-refractivity contribution is 5.90. The molecule has 0 spiro atoms. The third-order valence-corrected chi connectivity index (χ3v) is 4.24. The highest BCUT2D eigenvalue weighted by Gasteiger charge is 2.13. The molecule has 8 nitrogen and oxygen atoms in total. The Kier molecular flexibility index (Phi) is 8.80. The fourth-order valence-corrected chi connectivity index (χ4v) is 2.63. The zero-order valence-electron chi connectivity index (χ0n) is 17.6. The van der Waals surface area contributed by atoms with E-state index in [2.05, 4.69) is 0 Å². The number of ether oxygens (including phenoxy) is 6. The first-order valence-corrected chi connectivity index (χ1v) is 9.32. The predicted octanol–water partition coefficient (Wildman–Crippen LogP) is 3.52. The van der Waals surface area contributed by atoms with Gasteiger partial charge in [0, 0.05) is 0 Å². The number of hydrogen-bond donors (Lipinski definition) is 0. The van der Waals surface area contributed by atoms with Crippen LogP contribution in [0.15, 0.2) is 36.4 Å². The third kappa shape index (κ3) is 6.04. The number of carbonyl (C=O) groups excluding carboxylic acids is 2. The van der Waals surface area contributed by atoms with Gasteiger partial charge in [-0.05, 0) is 49.2 Å². The van der Waals surface area contributed by atoms with Crippen LogP contribution in [0.5, 0.6) is 23.0 Å². The highest BCUT2D eigenvalue weighted by atomic mass is 16.5. The molecule has 0 unspecified atom stereocenters. The molecule has 0 radical (unpaired) electrons. The summed E-state index contributed by atoms with van der Waals surface area (Å²) < 4.78 is 31.1. The summed E-state index contributed by atoms with van der Waals surface area (Å²) in [6, 6.07) is 9.62. The Bertz CT molecular complexity index is 791. The van der Waals surface area contributed by atoms with Gasteiger partial charge in [-0.25, -0.2) is 9.59 Å². The Morgan fingerprint density at radius 1 is 0.600 bits per heavy atom. The van der Waals surface area contributed by atoms with Crippen LogP contribution < -0.4 is 18.9 Å². The average Bonchev–Trinajstić information content (AvgIpc) is 2.79. The second-order valence-corrected chi connectivity index (χ2v) is 6.12. The van der Waals surface area contributed by atoms with E-state index in [4.69, 9.17) is 28.4 Å². The van der Waals surface area contributed by atoms with Crippen molar-refractivity contribution in [3.05, 3.63) is 47.5 Å². The molecule has 0 aliphatic carbocycles. The molecule has 2 aromatic carbocycles. The summed E-state index contributed by atoms with van der Waals surface area (Å²) in [7, 11) is 6.04. The van der Waals surface area contributed by atoms with E-state index < -0.39 is 11.9 Å². The molecular weight excluding hydrogens is 392 g/mol. The van der Waals surface area contributed by atoms with Crippen LogP contribution in [0.2, 0.25) is 0 Å². The zero-order chi connectivity index (χ0) is 21.9. The minimum absolute atomic E-state index is 0.209. The second kappa shape index (κ2) is 11.5. The monoisotopic (exact) mass is 418 g/mol. The van der Waals surface area contributed by atoms with Crippen LogP contribution in [0.1, 0.15) is 33.6 Å². The minimum Gasteiger partial charge on any atom is -0.493 e. The van der Waals surface area contributed by atoms with Crippen LogP contribution in [0.25, 0.3) is 0 Å². The molecule has 0 fully saturated rings. The molecule has 2 aromatic rings. The van der Waals surface area contributed by atoms with E-state index >= 15 is 0 Å². The minimum atomic E-state index is -0.460. The van der Waals surface area contributed by atoms with Crippen LogP contribution in [0.4, 0.5) is 0 Å². The number of methoxy groups -OCH3 is 4. The maximum Gasteiger partial charge on any atom is 0.338 e. The van der Waals surface area contributed by atoms with Gasteiger partial charge in [-0.15, -0.1) is 0 Å². The van der Waals surface area contributed by atoms with Crippen LogP contribution in [0, 0.1) is 0 Å². The van der Waals surface area contributed by atoms with Gasteiger partial charge in [-0.1, -0.05) is 0 Å². The number of rotatable bonds is 11. The lowest BCUT2D eigenvalue weighted by Gasteiger charge is -2.10. The number of benzene rings is 2. The van der Waals surface area contributed by atoms with E-state index in [1.807, 2.05) is 0 Å². The molecule has 0 aliphatic heterocycles. The molecular formula is C22H26O8. The van der Waals surface area contributed by atoms with Crippen molar-refractivity contribution in [3.8, 4) is 23.0 Å². The molecule has 0 saturated heterocycles. The Balaban J connectivity index is 1.73. The van der Waals surface area contributed by atoms with E-state index in [0.717, 1.165) is 0 Å². The molecule has 0 N–H and O–H groups in total. The molecule has 0 atom stereocenters. The Labute approximate surface area is 175 Å². The molecule has 0 saturated carbocycles. The molecule has 0 bridgehead atoms. The second-order valence-electron chi connectivity index (χ2n) is 6.12. The van der Waals surface area contributed by atoms with Gasteiger partial charge in [0.25, 0.3) is 0 Å². The van der Waals surface area contributed by atoms with Crippen molar-refractivity contribution in [1.82, 2.24) is 0 Å². The number of hydrogen-bond acceptors (Lipinski definition) is 8. The maximum absolute atomic E-state index is 12.1. The van der Waals surface area contributed by atoms with Gasteiger partial charge in [0.2, 0.25) is 0 Å². The van der Waals surface area contributed by atoms with Crippen LogP contribution in [-0.2, 0) is 9.47 Å². The van der Waals surface area contributed by atoms with Crippen molar-refractivity contribution < 1.29 is 38.0 Å². The fourth-order valence-electron chi connectivity index (χ4n) is 2.63. The van der Waals surface area contributed by atoms with Crippen molar-refractivity contribution in [2.24, 2.45) is 0 Å². The van der Waals surface area contributed by atoms with Crippen LogP contribution in [-0.4, -0.2) is 53.6 Å². The van der Waals surface area contributed by atoms with Crippen LogP contribution >= 0.6 is 0 Å². The first-order chi connectivity index (χ1) is 14.5. The Morgan fingerprint density at radius 2 is 0.967 bits per heavy atom. The summed E-state index contributed by atoms with van der Waals surface area (Å²) in [6.45, 7) is 0.419. The molecule has 8 heteroatoms. The SMILES string of the molecule is COc1ccc(C(=O)OCCCCOC(=O)c2ccc(OC)c(OC)c2)cc1OC. The van der Waals surface area contributed by atoms with Gasteiger partial charge < -0.3 is 28.4 Å². The largest absolute Gasteiger partial charge is 0.493 e. The van der Waals surface area contributed by atoms with Gasteiger partial charge in [0.05, 0.1) is 52.8 Å². The third-order valence-electron chi connectivity index (χ3n) is 4.24. The summed E-state index contributed by atoms with van der Waals surface area (Å²) in [5, 5.41) is 0. The molecule has 30 heavy (non-hydrogen) atoms. The molecule has 2 rings (SSSR count). The van der Waals surface area contributed by atoms with Crippen molar-refractivity contribution in [3.63, 3.8) is 0 Å². The van der Waals surface area contributed by atoms with E-state index in [-0.39, 0.29) is 13.2 Å². The Morgan fingerprint density at radius 3 is 1.30 bits per heavy atom. The van der Waals surface area contributed by atoms with E-state index in [1.165, 1.54) is 28.4 Å². The van der Waals surface area contributed by atoms with Gasteiger partial charge in [0.1, 0.15) is 0 Å². The predicted molar refractivity (Wildman–Crippen MR) is 109 cm³/mol. The topological polar surface area (TPSA) is 89.5 Å². The highest BCUT2D eigenvalue weighted by Crippen LogP contribution is 2.28. The van der Waals surface area contributed by atoms with E-state index in [0.29, 0.717) is 47.0 Å². The lowest BCUT2D eigenvalue weighted by molar-refractivity contribution is 0.0432. The number of esters is 2. The molecule has 0 aromatic heterocycles. The number of carbonyl (C=O) groups is 2. The van der Waals surface area contributed by atoms with Gasteiger partial charge >= 0.3 is 11.9 Å². The fraction of sp³-hybridized carbons (Fsp3) is 0.364. The number of unbranched alkanes of at least 4 members (excludes halogenated alkanes) is 1. The molecule has 0 aliphatic rings. The van der Waals surface area contributed by atoms with E-state index in [1.54, 1.807) is 36.4 Å². The smallest absolute Gasteiger partial charge is 0.338 e. The quantitative estimate of drug-likeness (QED) is 0.405. The van der Waals surface area contributed by atoms with Crippen molar-refractivity contribution in [2.45, 2.75) is 12.8 Å². The van der Waals surface area contributed by atoms with Crippen molar-refractivity contribution >= 4 is 11.9 Å². The normalized spacial score (nSPS) is 10.1. The van der Waals surface area contributed by atoms with Crippen LogP contribution in [0.3, 0.4) is 0 Å². The lowest BCUT2D eigenvalue weighted by Crippen LogP contribution is -2.10. The summed E-state index contributed by atoms with van der Waals surface area (Å²) >= 11 is 0. The first kappa shape index (κ1) is 22.9. The summed E-state index contributed by atoms with van der Waals surface area (Å²) in [6.07, 6.45) is 1.11. The average molecular weight is 418 g/mol. The van der Waals surface area contributed by atoms with Gasteiger partial charge in [-0.2, -0.15) is 0 Å². The molecule has 0 amide bonds. The maximum atomic E-state index is 12.1. The summed E-state index contributed by atoms with van der Waals surface area (Å²) in [4.78, 5) is 24.3. The first-order valence-electron chi connectivity index (χ1n) is 9.32. The summed E-state index contributed by atoms with van der Waals surface area (Å²) in [5.41, 5.74) is 0.736. The van der Waals surface area contributed by atoms with E-state index in [9.17, 15) is 9.59 Å².